The van der Waals surface area contributed by atoms with Gasteiger partial charge in [0.1, 0.15) is 0 Å². The highest BCUT2D eigenvalue weighted by Gasteiger charge is 2.05. The summed E-state index contributed by atoms with van der Waals surface area (Å²) < 4.78 is 0. The van der Waals surface area contributed by atoms with E-state index >= 15 is 0 Å². The summed E-state index contributed by atoms with van der Waals surface area (Å²) in [4.78, 5) is 21.8. The van der Waals surface area contributed by atoms with Crippen LogP contribution in [0.25, 0.3) is 0 Å². The van der Waals surface area contributed by atoms with Crippen molar-refractivity contribution in [1.82, 2.24) is 5.32 Å². The van der Waals surface area contributed by atoms with E-state index in [1.165, 1.54) is 0 Å². The Balaban J connectivity index is 2.22. The first kappa shape index (κ1) is 14.5. The molecule has 0 atom stereocenters. The molecule has 1 amide bonds. The summed E-state index contributed by atoms with van der Waals surface area (Å²) in [5.41, 5.74) is 0.794. The quantitative estimate of drug-likeness (QED) is 0.746. The smallest absolute Gasteiger partial charge is 0.303 e. The van der Waals surface area contributed by atoms with E-state index in [2.05, 4.69) is 5.32 Å². The molecule has 0 spiro atoms. The fraction of sp³-hybridized carbons (Fsp3) is 0.385. The topological polar surface area (TPSA) is 66.4 Å². The zero-order valence-corrected chi connectivity index (χ0v) is 10.7. The Bertz CT molecular complexity index is 420. The van der Waals surface area contributed by atoms with Gasteiger partial charge < -0.3 is 10.4 Å². The maximum absolute atomic E-state index is 11.6. The number of carbonyl (C=O) groups excluding carboxylic acids is 1. The van der Waals surface area contributed by atoms with Crippen LogP contribution in [-0.2, 0) is 16.0 Å². The Morgan fingerprint density at radius 3 is 2.61 bits per heavy atom. The number of benzene rings is 1. The Labute approximate surface area is 111 Å². The molecule has 1 aromatic carbocycles. The zero-order chi connectivity index (χ0) is 13.4. The van der Waals surface area contributed by atoms with Crippen LogP contribution in [-0.4, -0.2) is 23.5 Å². The van der Waals surface area contributed by atoms with Crippen LogP contribution < -0.4 is 5.32 Å². The fourth-order valence-electron chi connectivity index (χ4n) is 1.51. The predicted octanol–water partition coefficient (Wildman–Crippen LogP) is 2.25. The van der Waals surface area contributed by atoms with Crippen LogP contribution in [0.5, 0.6) is 0 Å². The molecule has 0 aliphatic carbocycles. The number of hydrogen-bond donors (Lipinski definition) is 2. The van der Waals surface area contributed by atoms with Crippen molar-refractivity contribution in [3.05, 3.63) is 34.9 Å². The summed E-state index contributed by atoms with van der Waals surface area (Å²) in [6, 6.07) is 7.21. The van der Waals surface area contributed by atoms with Gasteiger partial charge in [-0.15, -0.1) is 0 Å². The second kappa shape index (κ2) is 7.71. The molecule has 0 saturated carbocycles. The van der Waals surface area contributed by atoms with Crippen molar-refractivity contribution in [1.29, 1.82) is 0 Å². The van der Waals surface area contributed by atoms with Crippen molar-refractivity contribution < 1.29 is 14.7 Å². The highest BCUT2D eigenvalue weighted by Crippen LogP contribution is 2.15. The third kappa shape index (κ3) is 5.68. The van der Waals surface area contributed by atoms with Crippen LogP contribution in [0.2, 0.25) is 5.02 Å². The van der Waals surface area contributed by atoms with Gasteiger partial charge in [0, 0.05) is 18.0 Å². The van der Waals surface area contributed by atoms with Gasteiger partial charge in [-0.05, 0) is 24.5 Å². The Morgan fingerprint density at radius 1 is 1.22 bits per heavy atom. The number of hydrogen-bond acceptors (Lipinski definition) is 2. The maximum Gasteiger partial charge on any atom is 0.303 e. The molecule has 0 heterocycles. The third-order valence-electron chi connectivity index (χ3n) is 2.45. The van der Waals surface area contributed by atoms with E-state index < -0.39 is 5.97 Å². The van der Waals surface area contributed by atoms with Crippen molar-refractivity contribution >= 4 is 23.5 Å². The minimum Gasteiger partial charge on any atom is -0.481 e. The lowest BCUT2D eigenvalue weighted by atomic mass is 10.1. The summed E-state index contributed by atoms with van der Waals surface area (Å²) in [5.74, 6) is -0.907. The summed E-state index contributed by atoms with van der Waals surface area (Å²) in [5, 5.41) is 11.8. The molecule has 0 aliphatic rings. The number of carboxylic acids is 1. The number of unbranched alkanes of at least 4 members (excludes halogenated alkanes) is 1. The van der Waals surface area contributed by atoms with E-state index in [0.29, 0.717) is 24.4 Å². The van der Waals surface area contributed by atoms with E-state index in [9.17, 15) is 9.59 Å². The minimum absolute atomic E-state index is 0.0987. The third-order valence-corrected chi connectivity index (χ3v) is 2.82. The maximum atomic E-state index is 11.6. The normalized spacial score (nSPS) is 10.1. The molecule has 4 nitrogen and oxygen atoms in total. The van der Waals surface area contributed by atoms with Crippen molar-refractivity contribution in [2.45, 2.75) is 25.7 Å². The molecule has 0 unspecified atom stereocenters. The number of halogens is 1. The van der Waals surface area contributed by atoms with Crippen LogP contribution >= 0.6 is 11.6 Å². The average Bonchev–Trinajstić information content (AvgIpc) is 2.31. The predicted molar refractivity (Wildman–Crippen MR) is 69.7 cm³/mol. The standard InChI is InChI=1S/C13H16ClNO3/c14-11-6-2-1-5-10(11)9-12(16)15-8-4-3-7-13(17)18/h1-2,5-6H,3-4,7-9H2,(H,15,16)(H,17,18). The van der Waals surface area contributed by atoms with Gasteiger partial charge in [0.15, 0.2) is 0 Å². The molecule has 0 bridgehead atoms. The summed E-state index contributed by atoms with van der Waals surface area (Å²) in [6.07, 6.45) is 1.63. The number of amides is 1. The van der Waals surface area contributed by atoms with Crippen molar-refractivity contribution in [3.8, 4) is 0 Å². The van der Waals surface area contributed by atoms with Gasteiger partial charge >= 0.3 is 5.97 Å². The lowest BCUT2D eigenvalue weighted by Crippen LogP contribution is -2.26. The number of carbonyl (C=O) groups is 2. The molecule has 0 fully saturated rings. The van der Waals surface area contributed by atoms with Crippen LogP contribution in [0.15, 0.2) is 24.3 Å². The van der Waals surface area contributed by atoms with Gasteiger partial charge in [0.2, 0.25) is 5.91 Å². The van der Waals surface area contributed by atoms with Gasteiger partial charge in [0.05, 0.1) is 6.42 Å². The first-order valence-corrected chi connectivity index (χ1v) is 6.19. The van der Waals surface area contributed by atoms with Crippen molar-refractivity contribution in [2.75, 3.05) is 6.54 Å². The molecule has 1 aromatic rings. The fourth-order valence-corrected chi connectivity index (χ4v) is 1.71. The lowest BCUT2D eigenvalue weighted by molar-refractivity contribution is -0.137. The van der Waals surface area contributed by atoms with E-state index in [4.69, 9.17) is 16.7 Å². The Hall–Kier alpha value is -1.55. The molecule has 0 aliphatic heterocycles. The largest absolute Gasteiger partial charge is 0.481 e. The van der Waals surface area contributed by atoms with Gasteiger partial charge in [-0.2, -0.15) is 0 Å². The van der Waals surface area contributed by atoms with Crippen molar-refractivity contribution in [3.63, 3.8) is 0 Å². The molecule has 98 valence electrons. The number of rotatable bonds is 7. The van der Waals surface area contributed by atoms with E-state index in [0.717, 1.165) is 5.56 Å². The van der Waals surface area contributed by atoms with Gasteiger partial charge in [-0.3, -0.25) is 9.59 Å². The average molecular weight is 270 g/mol. The van der Waals surface area contributed by atoms with E-state index in [1.54, 1.807) is 6.07 Å². The monoisotopic (exact) mass is 269 g/mol. The first-order chi connectivity index (χ1) is 8.59. The molecule has 0 radical (unpaired) electrons. The molecule has 1 rings (SSSR count). The SMILES string of the molecule is O=C(O)CCCCNC(=O)Cc1ccccc1Cl. The second-order valence-corrected chi connectivity index (χ2v) is 4.38. The lowest BCUT2D eigenvalue weighted by Gasteiger charge is -2.06. The Morgan fingerprint density at radius 2 is 1.94 bits per heavy atom. The van der Waals surface area contributed by atoms with Crippen LogP contribution in [0.3, 0.4) is 0 Å². The molecule has 0 aromatic heterocycles. The second-order valence-electron chi connectivity index (χ2n) is 3.97. The summed E-state index contributed by atoms with van der Waals surface area (Å²) in [7, 11) is 0. The summed E-state index contributed by atoms with van der Waals surface area (Å²) in [6.45, 7) is 0.497. The first-order valence-electron chi connectivity index (χ1n) is 5.81. The van der Waals surface area contributed by atoms with Crippen molar-refractivity contribution in [2.24, 2.45) is 0 Å². The molecular formula is C13H16ClNO3. The molecule has 0 saturated heterocycles. The molecule has 18 heavy (non-hydrogen) atoms. The summed E-state index contributed by atoms with van der Waals surface area (Å²) >= 11 is 5.94. The van der Waals surface area contributed by atoms with E-state index in [1.807, 2.05) is 18.2 Å². The van der Waals surface area contributed by atoms with Gasteiger partial charge in [-0.1, -0.05) is 29.8 Å². The van der Waals surface area contributed by atoms with E-state index in [-0.39, 0.29) is 18.7 Å². The highest BCUT2D eigenvalue weighted by molar-refractivity contribution is 6.31. The number of aliphatic carboxylic acids is 1. The zero-order valence-electron chi connectivity index (χ0n) is 9.99. The van der Waals surface area contributed by atoms with Crippen LogP contribution in [0, 0.1) is 0 Å². The van der Waals surface area contributed by atoms with Gasteiger partial charge in [-0.25, -0.2) is 0 Å². The number of carboxylic acid groups (broad SMARTS) is 1. The highest BCUT2D eigenvalue weighted by atomic mass is 35.5. The molecule has 5 heteroatoms. The molecular weight excluding hydrogens is 254 g/mol. The Kier molecular flexibility index (Phi) is 6.22. The number of nitrogens with one attached hydrogen (secondary N) is 1. The molecule has 2 N–H and O–H groups in total. The van der Waals surface area contributed by atoms with Crippen LogP contribution in [0.4, 0.5) is 0 Å². The van der Waals surface area contributed by atoms with Crippen LogP contribution in [0.1, 0.15) is 24.8 Å². The van der Waals surface area contributed by atoms with Gasteiger partial charge in [0.25, 0.3) is 0 Å². The minimum atomic E-state index is -0.808.